The van der Waals surface area contributed by atoms with E-state index >= 15 is 0 Å². The molecule has 0 aliphatic rings. The van der Waals surface area contributed by atoms with Gasteiger partial charge in [0.2, 0.25) is 0 Å². The standard InChI is InChI=1S/C13H13ClNO2S2/c1-3-12-11(7-8-18-12)15-19(16,17)13-6-4-5-10(14)9(13)2/h4-8,15H,1,3H2,2H3. The van der Waals surface area contributed by atoms with E-state index in [4.69, 9.17) is 11.6 Å². The van der Waals surface area contributed by atoms with Gasteiger partial charge in [0.1, 0.15) is 0 Å². The molecule has 0 unspecified atom stereocenters. The lowest BCUT2D eigenvalue weighted by Gasteiger charge is -2.11. The number of hydrogen-bond acceptors (Lipinski definition) is 3. The smallest absolute Gasteiger partial charge is 0.262 e. The van der Waals surface area contributed by atoms with Crippen molar-refractivity contribution in [3.63, 3.8) is 0 Å². The summed E-state index contributed by atoms with van der Waals surface area (Å²) < 4.78 is 27.3. The van der Waals surface area contributed by atoms with Gasteiger partial charge in [-0.25, -0.2) is 8.42 Å². The van der Waals surface area contributed by atoms with Gasteiger partial charge in [-0.3, -0.25) is 4.72 Å². The predicted molar refractivity (Wildman–Crippen MR) is 80.4 cm³/mol. The summed E-state index contributed by atoms with van der Waals surface area (Å²) in [6.07, 6.45) is 0.546. The van der Waals surface area contributed by atoms with Crippen molar-refractivity contribution < 1.29 is 8.42 Å². The van der Waals surface area contributed by atoms with Crippen LogP contribution >= 0.6 is 22.9 Å². The first-order valence-electron chi connectivity index (χ1n) is 5.59. The molecule has 1 heterocycles. The Balaban J connectivity index is 2.41. The number of anilines is 1. The Hall–Kier alpha value is -1.04. The Labute approximate surface area is 122 Å². The molecule has 6 heteroatoms. The van der Waals surface area contributed by atoms with Crippen LogP contribution in [0.25, 0.3) is 0 Å². The van der Waals surface area contributed by atoms with Crippen molar-refractivity contribution in [2.45, 2.75) is 18.2 Å². The summed E-state index contributed by atoms with van der Waals surface area (Å²) in [6, 6.07) is 6.57. The van der Waals surface area contributed by atoms with Crippen molar-refractivity contribution in [3.8, 4) is 0 Å². The van der Waals surface area contributed by atoms with E-state index < -0.39 is 10.0 Å². The van der Waals surface area contributed by atoms with Gasteiger partial charge in [-0.15, -0.1) is 11.3 Å². The molecule has 2 rings (SSSR count). The molecule has 1 aromatic carbocycles. The van der Waals surface area contributed by atoms with Crippen molar-refractivity contribution in [1.82, 2.24) is 0 Å². The van der Waals surface area contributed by atoms with E-state index in [1.807, 2.05) is 5.38 Å². The van der Waals surface area contributed by atoms with E-state index in [-0.39, 0.29) is 4.90 Å². The summed E-state index contributed by atoms with van der Waals surface area (Å²) in [5.74, 6) is 0. The molecule has 2 aromatic rings. The number of benzene rings is 1. The quantitative estimate of drug-likeness (QED) is 0.930. The lowest BCUT2D eigenvalue weighted by atomic mass is 10.2. The van der Waals surface area contributed by atoms with E-state index in [0.717, 1.165) is 4.88 Å². The van der Waals surface area contributed by atoms with Gasteiger partial charge in [0.15, 0.2) is 0 Å². The molecule has 0 amide bonds. The third kappa shape index (κ3) is 2.94. The molecule has 3 nitrogen and oxygen atoms in total. The average Bonchev–Trinajstić information content (AvgIpc) is 2.78. The van der Waals surface area contributed by atoms with Crippen LogP contribution in [0.15, 0.2) is 34.5 Å². The fraction of sp³-hybridized carbons (Fsp3) is 0.154. The number of rotatable bonds is 4. The maximum atomic E-state index is 12.4. The highest BCUT2D eigenvalue weighted by atomic mass is 35.5. The van der Waals surface area contributed by atoms with Crippen LogP contribution in [0.3, 0.4) is 0 Å². The van der Waals surface area contributed by atoms with Gasteiger partial charge in [0.25, 0.3) is 10.0 Å². The van der Waals surface area contributed by atoms with Crippen LogP contribution in [0.2, 0.25) is 5.02 Å². The molecule has 1 N–H and O–H groups in total. The highest BCUT2D eigenvalue weighted by Gasteiger charge is 2.19. The largest absolute Gasteiger partial charge is 0.278 e. The second-order valence-electron chi connectivity index (χ2n) is 3.98. The molecule has 101 valence electrons. The summed E-state index contributed by atoms with van der Waals surface area (Å²) in [4.78, 5) is 1.10. The Kier molecular flexibility index (Phi) is 4.18. The van der Waals surface area contributed by atoms with Crippen LogP contribution in [0.1, 0.15) is 10.4 Å². The number of nitrogens with one attached hydrogen (secondary N) is 1. The average molecular weight is 315 g/mol. The van der Waals surface area contributed by atoms with E-state index in [9.17, 15) is 8.42 Å². The fourth-order valence-electron chi connectivity index (χ4n) is 1.70. The van der Waals surface area contributed by atoms with Crippen molar-refractivity contribution >= 4 is 38.6 Å². The Morgan fingerprint density at radius 1 is 1.37 bits per heavy atom. The molecule has 19 heavy (non-hydrogen) atoms. The number of sulfonamides is 1. The van der Waals surface area contributed by atoms with Gasteiger partial charge >= 0.3 is 0 Å². The lowest BCUT2D eigenvalue weighted by molar-refractivity contribution is 0.600. The topological polar surface area (TPSA) is 46.2 Å². The Morgan fingerprint density at radius 2 is 2.11 bits per heavy atom. The van der Waals surface area contributed by atoms with E-state index in [1.165, 1.54) is 11.3 Å². The summed E-state index contributed by atoms with van der Waals surface area (Å²) >= 11 is 7.44. The van der Waals surface area contributed by atoms with Gasteiger partial charge in [0, 0.05) is 9.90 Å². The Morgan fingerprint density at radius 3 is 2.79 bits per heavy atom. The molecule has 0 fully saturated rings. The van der Waals surface area contributed by atoms with Crippen molar-refractivity contribution in [2.75, 3.05) is 4.72 Å². The van der Waals surface area contributed by atoms with Gasteiger partial charge in [-0.2, -0.15) is 0 Å². The minimum absolute atomic E-state index is 0.196. The van der Waals surface area contributed by atoms with Crippen LogP contribution < -0.4 is 4.72 Å². The molecular formula is C13H13ClNO2S2. The molecule has 0 spiro atoms. The fourth-order valence-corrected chi connectivity index (χ4v) is 4.09. The summed E-state index contributed by atoms with van der Waals surface area (Å²) in [5, 5.41) is 2.27. The maximum absolute atomic E-state index is 12.4. The molecule has 0 atom stereocenters. The molecule has 1 aromatic heterocycles. The zero-order chi connectivity index (χ0) is 14.0. The zero-order valence-corrected chi connectivity index (χ0v) is 12.7. The Bertz CT molecular complexity index is 692. The highest BCUT2D eigenvalue weighted by Crippen LogP contribution is 2.28. The highest BCUT2D eigenvalue weighted by molar-refractivity contribution is 7.92. The first-order chi connectivity index (χ1) is 8.95. The SMILES string of the molecule is [CH2]Cc1sccc1NS(=O)(=O)c1cccc(Cl)c1C. The molecule has 1 radical (unpaired) electrons. The van der Waals surface area contributed by atoms with Gasteiger partial charge in [-0.05, 0) is 49.4 Å². The summed E-state index contributed by atoms with van der Waals surface area (Å²) in [5.41, 5.74) is 1.13. The number of thiophene rings is 1. The van der Waals surface area contributed by atoms with Crippen molar-refractivity contribution in [3.05, 3.63) is 52.0 Å². The summed E-state index contributed by atoms with van der Waals surface area (Å²) in [7, 11) is -3.62. The minimum Gasteiger partial charge on any atom is -0.278 e. The second kappa shape index (κ2) is 5.53. The van der Waals surface area contributed by atoms with Gasteiger partial charge < -0.3 is 0 Å². The minimum atomic E-state index is -3.62. The number of halogens is 1. The molecule has 0 saturated heterocycles. The first-order valence-corrected chi connectivity index (χ1v) is 8.33. The van der Waals surface area contributed by atoms with Crippen LogP contribution in [-0.4, -0.2) is 8.42 Å². The number of hydrogen-bond donors (Lipinski definition) is 1. The molecular weight excluding hydrogens is 302 g/mol. The summed E-state index contributed by atoms with van der Waals surface area (Å²) in [6.45, 7) is 5.47. The first kappa shape index (κ1) is 14.4. The van der Waals surface area contributed by atoms with E-state index in [1.54, 1.807) is 31.2 Å². The van der Waals surface area contributed by atoms with Crippen molar-refractivity contribution in [1.29, 1.82) is 0 Å². The lowest BCUT2D eigenvalue weighted by Crippen LogP contribution is -2.14. The van der Waals surface area contributed by atoms with Gasteiger partial charge in [-0.1, -0.05) is 17.7 Å². The van der Waals surface area contributed by atoms with E-state index in [0.29, 0.717) is 22.7 Å². The zero-order valence-electron chi connectivity index (χ0n) is 10.3. The normalized spacial score (nSPS) is 11.5. The monoisotopic (exact) mass is 314 g/mol. The van der Waals surface area contributed by atoms with Crippen LogP contribution in [0, 0.1) is 13.8 Å². The maximum Gasteiger partial charge on any atom is 0.262 e. The third-order valence-electron chi connectivity index (χ3n) is 2.72. The molecule has 0 bridgehead atoms. The van der Waals surface area contributed by atoms with Crippen LogP contribution in [0.5, 0.6) is 0 Å². The third-order valence-corrected chi connectivity index (χ3v) is 5.62. The van der Waals surface area contributed by atoms with Crippen molar-refractivity contribution in [2.24, 2.45) is 0 Å². The second-order valence-corrected chi connectivity index (χ2v) is 7.03. The van der Waals surface area contributed by atoms with E-state index in [2.05, 4.69) is 11.6 Å². The van der Waals surface area contributed by atoms with Crippen LogP contribution in [-0.2, 0) is 16.4 Å². The molecule has 0 saturated carbocycles. The van der Waals surface area contributed by atoms with Gasteiger partial charge in [0.05, 0.1) is 10.6 Å². The predicted octanol–water partition coefficient (Wildman–Crippen LogP) is 3.89. The molecule has 0 aliphatic heterocycles. The van der Waals surface area contributed by atoms with Crippen LogP contribution in [0.4, 0.5) is 5.69 Å². The molecule has 0 aliphatic carbocycles.